The summed E-state index contributed by atoms with van der Waals surface area (Å²) in [5.41, 5.74) is 2.46. The normalized spacial score (nSPS) is 10.2. The Morgan fingerprint density at radius 1 is 1.33 bits per heavy atom. The maximum atomic E-state index is 11.2. The molecule has 1 aromatic carbocycles. The predicted molar refractivity (Wildman–Crippen MR) is 82.9 cm³/mol. The molecule has 0 saturated carbocycles. The zero-order valence-corrected chi connectivity index (χ0v) is 11.9. The van der Waals surface area contributed by atoms with Gasteiger partial charge < -0.3 is 10.4 Å². The number of pyridine rings is 1. The molecule has 2 aromatic rings. The first kappa shape index (κ1) is 14.6. The minimum atomic E-state index is -0.972. The number of benzene rings is 1. The van der Waals surface area contributed by atoms with Crippen molar-refractivity contribution < 1.29 is 9.90 Å². The highest BCUT2D eigenvalue weighted by molar-refractivity contribution is 5.89. The van der Waals surface area contributed by atoms with Gasteiger partial charge in [0.2, 0.25) is 0 Å². The Morgan fingerprint density at radius 2 is 2.10 bits per heavy atom. The van der Waals surface area contributed by atoms with Gasteiger partial charge in [-0.1, -0.05) is 25.8 Å². The van der Waals surface area contributed by atoms with Gasteiger partial charge in [-0.3, -0.25) is 0 Å². The molecule has 1 heterocycles. The van der Waals surface area contributed by atoms with Crippen molar-refractivity contribution in [2.45, 2.75) is 19.8 Å². The molecule has 0 amide bonds. The smallest absolute Gasteiger partial charge is 0.335 e. The van der Waals surface area contributed by atoms with Crippen molar-refractivity contribution in [3.8, 4) is 12.3 Å². The Morgan fingerprint density at radius 3 is 2.71 bits per heavy atom. The highest BCUT2D eigenvalue weighted by atomic mass is 16.4. The molecule has 106 valence electrons. The second kappa shape index (κ2) is 6.10. The number of carboxylic acids is 1. The first-order valence-corrected chi connectivity index (χ1v) is 6.58. The minimum absolute atomic E-state index is 0.141. The molecule has 0 saturated heterocycles. The maximum Gasteiger partial charge on any atom is 0.335 e. The average molecular weight is 280 g/mol. The van der Waals surface area contributed by atoms with Crippen molar-refractivity contribution in [1.29, 1.82) is 0 Å². The number of nitrogens with one attached hydrogen (secondary N) is 1. The molecule has 2 N–H and O–H groups in total. The van der Waals surface area contributed by atoms with Crippen LogP contribution in [0.3, 0.4) is 0 Å². The van der Waals surface area contributed by atoms with Gasteiger partial charge in [-0.25, -0.2) is 9.78 Å². The summed E-state index contributed by atoms with van der Waals surface area (Å²) in [5.74, 6) is 2.22. The molecule has 0 radical (unpaired) electrons. The van der Waals surface area contributed by atoms with Crippen LogP contribution in [0.15, 0.2) is 36.4 Å². The fraction of sp³-hybridized carbons (Fsp3) is 0.176. The van der Waals surface area contributed by atoms with Crippen LogP contribution in [0.2, 0.25) is 0 Å². The number of carboxylic acid groups (broad SMARTS) is 1. The van der Waals surface area contributed by atoms with E-state index in [-0.39, 0.29) is 11.5 Å². The van der Waals surface area contributed by atoms with E-state index in [4.69, 9.17) is 6.42 Å². The van der Waals surface area contributed by atoms with E-state index in [1.807, 2.05) is 38.1 Å². The third kappa shape index (κ3) is 3.61. The van der Waals surface area contributed by atoms with Gasteiger partial charge in [0.05, 0.1) is 5.56 Å². The molecule has 0 unspecified atom stereocenters. The molecule has 4 heteroatoms. The van der Waals surface area contributed by atoms with E-state index in [1.165, 1.54) is 6.07 Å². The molecule has 0 fully saturated rings. The lowest BCUT2D eigenvalue weighted by molar-refractivity contribution is 0.0696. The Labute approximate surface area is 123 Å². The van der Waals surface area contributed by atoms with Crippen molar-refractivity contribution in [2.24, 2.45) is 0 Å². The molecular weight excluding hydrogens is 264 g/mol. The number of hydrogen-bond acceptors (Lipinski definition) is 3. The molecule has 0 spiro atoms. The standard InChI is InChI=1S/C17H16N2O2/c1-4-12-6-5-7-14(8-12)18-16-10-13(17(20)21)9-15(19-16)11(2)3/h1,5-11H,2-3H3,(H,18,19)(H,20,21). The molecular formula is C17H16N2O2. The first-order valence-electron chi connectivity index (χ1n) is 6.58. The summed E-state index contributed by atoms with van der Waals surface area (Å²) in [6.45, 7) is 3.94. The number of terminal acetylenes is 1. The van der Waals surface area contributed by atoms with E-state index in [2.05, 4.69) is 16.2 Å². The molecule has 21 heavy (non-hydrogen) atoms. The maximum absolute atomic E-state index is 11.2. The summed E-state index contributed by atoms with van der Waals surface area (Å²) in [7, 11) is 0. The SMILES string of the molecule is C#Cc1cccc(Nc2cc(C(=O)O)cc(C(C)C)n2)c1. The summed E-state index contributed by atoms with van der Waals surface area (Å²) < 4.78 is 0. The topological polar surface area (TPSA) is 62.2 Å². The number of rotatable bonds is 4. The average Bonchev–Trinajstić information content (AvgIpc) is 2.47. The van der Waals surface area contributed by atoms with Gasteiger partial charge >= 0.3 is 5.97 Å². The van der Waals surface area contributed by atoms with Crippen LogP contribution in [-0.4, -0.2) is 16.1 Å². The summed E-state index contributed by atoms with van der Waals surface area (Å²) in [4.78, 5) is 15.6. The number of aromatic carboxylic acids is 1. The van der Waals surface area contributed by atoms with Crippen molar-refractivity contribution in [3.05, 3.63) is 53.2 Å². The number of nitrogens with zero attached hydrogens (tertiary/aromatic N) is 1. The molecule has 0 aliphatic carbocycles. The largest absolute Gasteiger partial charge is 0.478 e. The van der Waals surface area contributed by atoms with E-state index in [9.17, 15) is 9.90 Å². The van der Waals surface area contributed by atoms with Gasteiger partial charge in [0.15, 0.2) is 0 Å². The molecule has 4 nitrogen and oxygen atoms in total. The first-order chi connectivity index (χ1) is 9.99. The molecule has 0 aliphatic rings. The van der Waals surface area contributed by atoms with Gasteiger partial charge in [0, 0.05) is 16.9 Å². The van der Waals surface area contributed by atoms with E-state index in [1.54, 1.807) is 6.07 Å². The third-order valence-corrected chi connectivity index (χ3v) is 2.99. The van der Waals surface area contributed by atoms with Gasteiger partial charge in [-0.05, 0) is 36.2 Å². The summed E-state index contributed by atoms with van der Waals surface area (Å²) in [5, 5.41) is 12.3. The molecule has 2 rings (SSSR count). The quantitative estimate of drug-likeness (QED) is 0.839. The van der Waals surface area contributed by atoms with Gasteiger partial charge in [-0.15, -0.1) is 6.42 Å². The summed E-state index contributed by atoms with van der Waals surface area (Å²) in [6.07, 6.45) is 5.37. The molecule has 0 bridgehead atoms. The Bertz CT molecular complexity index is 715. The van der Waals surface area contributed by atoms with E-state index >= 15 is 0 Å². The molecule has 0 aliphatic heterocycles. The van der Waals surface area contributed by atoms with Crippen molar-refractivity contribution in [1.82, 2.24) is 4.98 Å². The van der Waals surface area contributed by atoms with Crippen LogP contribution >= 0.6 is 0 Å². The Hall–Kier alpha value is -2.80. The van der Waals surface area contributed by atoms with Gasteiger partial charge in [-0.2, -0.15) is 0 Å². The van der Waals surface area contributed by atoms with Crippen LogP contribution in [0.25, 0.3) is 0 Å². The van der Waals surface area contributed by atoms with Crippen molar-refractivity contribution >= 4 is 17.5 Å². The molecule has 1 aromatic heterocycles. The van der Waals surface area contributed by atoms with Crippen LogP contribution in [0.1, 0.15) is 41.4 Å². The zero-order chi connectivity index (χ0) is 15.4. The highest BCUT2D eigenvalue weighted by Crippen LogP contribution is 2.21. The number of hydrogen-bond donors (Lipinski definition) is 2. The lowest BCUT2D eigenvalue weighted by Gasteiger charge is -2.11. The van der Waals surface area contributed by atoms with Crippen LogP contribution in [0.5, 0.6) is 0 Å². The van der Waals surface area contributed by atoms with Crippen LogP contribution in [0.4, 0.5) is 11.5 Å². The zero-order valence-electron chi connectivity index (χ0n) is 11.9. The lowest BCUT2D eigenvalue weighted by atomic mass is 10.1. The van der Waals surface area contributed by atoms with E-state index in [0.717, 1.165) is 16.9 Å². The summed E-state index contributed by atoms with van der Waals surface area (Å²) in [6, 6.07) is 10.4. The Kier molecular flexibility index (Phi) is 4.24. The number of aromatic nitrogens is 1. The van der Waals surface area contributed by atoms with Gasteiger partial charge in [0.1, 0.15) is 5.82 Å². The lowest BCUT2D eigenvalue weighted by Crippen LogP contribution is -2.04. The molecule has 0 atom stereocenters. The van der Waals surface area contributed by atoms with Crippen molar-refractivity contribution in [3.63, 3.8) is 0 Å². The second-order valence-electron chi connectivity index (χ2n) is 4.98. The van der Waals surface area contributed by atoms with Crippen LogP contribution in [-0.2, 0) is 0 Å². The van der Waals surface area contributed by atoms with Crippen LogP contribution < -0.4 is 5.32 Å². The van der Waals surface area contributed by atoms with E-state index < -0.39 is 5.97 Å². The monoisotopic (exact) mass is 280 g/mol. The van der Waals surface area contributed by atoms with Gasteiger partial charge in [0.25, 0.3) is 0 Å². The Balaban J connectivity index is 2.38. The fourth-order valence-corrected chi connectivity index (χ4v) is 1.87. The van der Waals surface area contributed by atoms with Crippen LogP contribution in [0, 0.1) is 12.3 Å². The highest BCUT2D eigenvalue weighted by Gasteiger charge is 2.11. The predicted octanol–water partition coefficient (Wildman–Crippen LogP) is 3.63. The third-order valence-electron chi connectivity index (χ3n) is 2.99. The number of carbonyl (C=O) groups is 1. The minimum Gasteiger partial charge on any atom is -0.478 e. The fourth-order valence-electron chi connectivity index (χ4n) is 1.87. The summed E-state index contributed by atoms with van der Waals surface area (Å²) >= 11 is 0. The van der Waals surface area contributed by atoms with E-state index in [0.29, 0.717) is 5.82 Å². The van der Waals surface area contributed by atoms with Crippen molar-refractivity contribution in [2.75, 3.05) is 5.32 Å². The number of anilines is 2. The second-order valence-corrected chi connectivity index (χ2v) is 4.98.